The minimum atomic E-state index is -0.260. The number of thioether (sulfide) groups is 1. The lowest BCUT2D eigenvalue weighted by Crippen LogP contribution is -2.38. The van der Waals surface area contributed by atoms with E-state index in [0.29, 0.717) is 42.1 Å². The van der Waals surface area contributed by atoms with Crippen molar-refractivity contribution in [2.75, 3.05) is 19.7 Å². The number of fused-ring (bicyclic) bond motifs is 1. The zero-order valence-corrected chi connectivity index (χ0v) is 17.7. The maximum Gasteiger partial charge on any atom is 0.262 e. The minimum Gasteiger partial charge on any atom is -0.376 e. The fourth-order valence-electron chi connectivity index (χ4n) is 3.57. The number of benzene rings is 1. The van der Waals surface area contributed by atoms with Gasteiger partial charge in [0.25, 0.3) is 5.56 Å². The zero-order chi connectivity index (χ0) is 20.1. The van der Waals surface area contributed by atoms with Crippen molar-refractivity contribution in [1.82, 2.24) is 14.5 Å². The van der Waals surface area contributed by atoms with Crippen LogP contribution in [-0.2, 0) is 16.1 Å². The molecule has 28 heavy (non-hydrogen) atoms. The van der Waals surface area contributed by atoms with Gasteiger partial charge < -0.3 is 9.64 Å². The highest BCUT2D eigenvalue weighted by Gasteiger charge is 2.26. The third-order valence-electron chi connectivity index (χ3n) is 5.21. The van der Waals surface area contributed by atoms with E-state index in [2.05, 4.69) is 0 Å². The zero-order valence-electron chi connectivity index (χ0n) is 16.9. The summed E-state index contributed by atoms with van der Waals surface area (Å²) in [5, 5.41) is 0.947. The Morgan fingerprint density at radius 2 is 2.07 bits per heavy atom. The number of rotatable bonds is 8. The van der Waals surface area contributed by atoms with Crippen LogP contribution in [0.1, 0.15) is 40.0 Å². The molecule has 152 valence electrons. The predicted molar refractivity (Wildman–Crippen MR) is 113 cm³/mol. The fraction of sp³-hybridized carbons (Fsp3) is 0.571. The molecule has 0 radical (unpaired) electrons. The monoisotopic (exact) mass is 403 g/mol. The van der Waals surface area contributed by atoms with Crippen LogP contribution in [0.2, 0.25) is 0 Å². The van der Waals surface area contributed by atoms with Crippen LogP contribution < -0.4 is 5.56 Å². The standard InChI is InChI=1S/C21H29N3O3S/c1-4-18(20(26)23(5-2)6-3)28-21-22-17-12-8-7-11-16(17)19(25)24(21)14-15-10-9-13-27-15/h7-8,11-12,15,18H,4-6,9-10,13-14H2,1-3H3/t15-,18-/m1/s1. The van der Waals surface area contributed by atoms with Crippen LogP contribution in [0.25, 0.3) is 10.9 Å². The molecule has 0 aliphatic carbocycles. The van der Waals surface area contributed by atoms with Gasteiger partial charge in [-0.25, -0.2) is 4.98 Å². The van der Waals surface area contributed by atoms with Crippen molar-refractivity contribution >= 4 is 28.6 Å². The third-order valence-corrected chi connectivity index (χ3v) is 6.55. The van der Waals surface area contributed by atoms with Crippen LogP contribution in [0.4, 0.5) is 0 Å². The second kappa shape index (κ2) is 9.56. The van der Waals surface area contributed by atoms with Crippen molar-refractivity contribution in [3.63, 3.8) is 0 Å². The Bertz CT molecular complexity index is 873. The maximum absolute atomic E-state index is 13.2. The molecule has 0 spiro atoms. The van der Waals surface area contributed by atoms with E-state index in [1.165, 1.54) is 11.8 Å². The van der Waals surface area contributed by atoms with Crippen molar-refractivity contribution in [2.24, 2.45) is 0 Å². The summed E-state index contributed by atoms with van der Waals surface area (Å²) in [6.07, 6.45) is 2.67. The number of ether oxygens (including phenoxy) is 1. The molecule has 1 aliphatic rings. The Morgan fingerprint density at radius 1 is 1.32 bits per heavy atom. The molecule has 0 N–H and O–H groups in total. The molecule has 0 bridgehead atoms. The number of carbonyl (C=O) groups is 1. The predicted octanol–water partition coefficient (Wildman–Crippen LogP) is 3.31. The third kappa shape index (κ3) is 4.41. The van der Waals surface area contributed by atoms with Gasteiger partial charge in [-0.3, -0.25) is 14.2 Å². The summed E-state index contributed by atoms with van der Waals surface area (Å²) in [5.41, 5.74) is 0.609. The van der Waals surface area contributed by atoms with Gasteiger partial charge in [0.15, 0.2) is 5.16 Å². The van der Waals surface area contributed by atoms with Crippen molar-refractivity contribution < 1.29 is 9.53 Å². The van der Waals surface area contributed by atoms with Gasteiger partial charge in [-0.2, -0.15) is 0 Å². The van der Waals surface area contributed by atoms with Crippen LogP contribution in [0.15, 0.2) is 34.2 Å². The summed E-state index contributed by atoms with van der Waals surface area (Å²) in [6, 6.07) is 7.40. The molecule has 2 aromatic rings. The highest BCUT2D eigenvalue weighted by atomic mass is 32.2. The lowest BCUT2D eigenvalue weighted by molar-refractivity contribution is -0.130. The average Bonchev–Trinajstić information content (AvgIpc) is 3.23. The van der Waals surface area contributed by atoms with E-state index in [1.54, 1.807) is 4.57 Å². The second-order valence-electron chi connectivity index (χ2n) is 6.99. The van der Waals surface area contributed by atoms with Gasteiger partial charge in [0, 0.05) is 19.7 Å². The normalized spacial score (nSPS) is 17.8. The molecule has 6 nitrogen and oxygen atoms in total. The van der Waals surface area contributed by atoms with Gasteiger partial charge >= 0.3 is 0 Å². The fourth-order valence-corrected chi connectivity index (χ4v) is 4.67. The summed E-state index contributed by atoms with van der Waals surface area (Å²) >= 11 is 1.40. The maximum atomic E-state index is 13.2. The van der Waals surface area contributed by atoms with E-state index >= 15 is 0 Å². The van der Waals surface area contributed by atoms with Crippen LogP contribution in [0.3, 0.4) is 0 Å². The Balaban J connectivity index is 1.99. The van der Waals surface area contributed by atoms with Gasteiger partial charge in [0.05, 0.1) is 28.8 Å². The van der Waals surface area contributed by atoms with E-state index in [1.807, 2.05) is 49.9 Å². The summed E-state index contributed by atoms with van der Waals surface area (Å²) in [7, 11) is 0. The molecule has 1 amide bonds. The van der Waals surface area contributed by atoms with E-state index in [9.17, 15) is 9.59 Å². The molecule has 1 aromatic heterocycles. The summed E-state index contributed by atoms with van der Waals surface area (Å²) < 4.78 is 7.47. The number of aromatic nitrogens is 2. The molecule has 1 aromatic carbocycles. The van der Waals surface area contributed by atoms with Crippen molar-refractivity contribution in [2.45, 2.75) is 63.1 Å². The lowest BCUT2D eigenvalue weighted by Gasteiger charge is -2.25. The van der Waals surface area contributed by atoms with Crippen molar-refractivity contribution in [3.8, 4) is 0 Å². The number of amides is 1. The molecule has 7 heteroatoms. The number of hydrogen-bond acceptors (Lipinski definition) is 5. The average molecular weight is 404 g/mol. The molecule has 0 saturated carbocycles. The van der Waals surface area contributed by atoms with E-state index < -0.39 is 0 Å². The van der Waals surface area contributed by atoms with E-state index in [-0.39, 0.29) is 22.8 Å². The van der Waals surface area contributed by atoms with Gasteiger partial charge in [-0.1, -0.05) is 30.8 Å². The first-order chi connectivity index (χ1) is 13.6. The highest BCUT2D eigenvalue weighted by Crippen LogP contribution is 2.27. The molecule has 2 heterocycles. The smallest absolute Gasteiger partial charge is 0.262 e. The van der Waals surface area contributed by atoms with Gasteiger partial charge in [-0.15, -0.1) is 0 Å². The molecule has 2 atom stereocenters. The van der Waals surface area contributed by atoms with Crippen LogP contribution in [-0.4, -0.2) is 51.4 Å². The Kier molecular flexibility index (Phi) is 7.13. The molecule has 1 aliphatic heterocycles. The molecule has 1 saturated heterocycles. The van der Waals surface area contributed by atoms with Crippen LogP contribution >= 0.6 is 11.8 Å². The SMILES string of the molecule is CC[C@@H](Sc1nc2ccccc2c(=O)n1C[C@H]1CCCO1)C(=O)N(CC)CC. The summed E-state index contributed by atoms with van der Waals surface area (Å²) in [5.74, 6) is 0.101. The first-order valence-corrected chi connectivity index (χ1v) is 11.0. The Labute approximate surface area is 170 Å². The molecule has 1 fully saturated rings. The second-order valence-corrected chi connectivity index (χ2v) is 8.16. The quantitative estimate of drug-likeness (QED) is 0.500. The number of carbonyl (C=O) groups excluding carboxylic acids is 1. The van der Waals surface area contributed by atoms with Crippen molar-refractivity contribution in [1.29, 1.82) is 0 Å². The minimum absolute atomic E-state index is 0.0265. The Hall–Kier alpha value is -1.86. The summed E-state index contributed by atoms with van der Waals surface area (Å²) in [6.45, 7) is 8.56. The first kappa shape index (κ1) is 20.9. The number of hydrogen-bond donors (Lipinski definition) is 0. The lowest BCUT2D eigenvalue weighted by atomic mass is 10.2. The van der Waals surface area contributed by atoms with E-state index in [4.69, 9.17) is 9.72 Å². The molecular formula is C21H29N3O3S. The van der Waals surface area contributed by atoms with Crippen LogP contribution in [0.5, 0.6) is 0 Å². The molecule has 0 unspecified atom stereocenters. The van der Waals surface area contributed by atoms with Gasteiger partial charge in [0.1, 0.15) is 0 Å². The van der Waals surface area contributed by atoms with Gasteiger partial charge in [0.2, 0.25) is 5.91 Å². The molecular weight excluding hydrogens is 374 g/mol. The highest BCUT2D eigenvalue weighted by molar-refractivity contribution is 8.00. The summed E-state index contributed by atoms with van der Waals surface area (Å²) in [4.78, 5) is 32.7. The van der Waals surface area contributed by atoms with Crippen molar-refractivity contribution in [3.05, 3.63) is 34.6 Å². The number of para-hydroxylation sites is 1. The number of nitrogens with zero attached hydrogens (tertiary/aromatic N) is 3. The Morgan fingerprint density at radius 3 is 2.71 bits per heavy atom. The largest absolute Gasteiger partial charge is 0.376 e. The molecule has 3 rings (SSSR count). The topological polar surface area (TPSA) is 64.4 Å². The van der Waals surface area contributed by atoms with Gasteiger partial charge in [-0.05, 0) is 45.2 Å². The van der Waals surface area contributed by atoms with Crippen LogP contribution in [0, 0.1) is 0 Å². The first-order valence-electron chi connectivity index (χ1n) is 10.2. The van der Waals surface area contributed by atoms with E-state index in [0.717, 1.165) is 19.4 Å².